The van der Waals surface area contributed by atoms with Gasteiger partial charge in [-0.15, -0.1) is 0 Å². The van der Waals surface area contributed by atoms with Crippen molar-refractivity contribution in [1.82, 2.24) is 4.57 Å². The van der Waals surface area contributed by atoms with Crippen LogP contribution in [0.1, 0.15) is 33.3 Å². The molecule has 0 saturated carbocycles. The Balaban J connectivity index is 1.88. The maximum atomic E-state index is 5.38. The molecule has 1 aromatic heterocycles. The summed E-state index contributed by atoms with van der Waals surface area (Å²) in [4.78, 5) is 2.54. The number of rotatable bonds is 3. The first kappa shape index (κ1) is 19.5. The zero-order valence-corrected chi connectivity index (χ0v) is 19.7. The molecule has 3 nitrogen and oxygen atoms in total. The molecule has 2 heterocycles. The van der Waals surface area contributed by atoms with Crippen molar-refractivity contribution >= 4 is 43.4 Å². The summed E-state index contributed by atoms with van der Waals surface area (Å²) in [6.45, 7) is 10.4. The van der Waals surface area contributed by atoms with Crippen molar-refractivity contribution in [3.63, 3.8) is 0 Å². The van der Waals surface area contributed by atoms with Crippen LogP contribution in [0.25, 0.3) is 27.5 Å². The van der Waals surface area contributed by atoms with Gasteiger partial charge < -0.3 is 14.2 Å². The second-order valence-corrected chi connectivity index (χ2v) is 9.68. The van der Waals surface area contributed by atoms with E-state index in [1.165, 1.54) is 33.1 Å². The summed E-state index contributed by atoms with van der Waals surface area (Å²) in [6, 6.07) is 20.2. The molecule has 4 aromatic rings. The largest absolute Gasteiger partial charge is 0.497 e. The van der Waals surface area contributed by atoms with Crippen LogP contribution < -0.4 is 9.64 Å². The Hall–Kier alpha value is -2.46. The second kappa shape index (κ2) is 6.78. The van der Waals surface area contributed by atoms with Crippen LogP contribution >= 0.6 is 15.9 Å². The molecule has 1 aliphatic heterocycles. The molecule has 0 N–H and O–H groups in total. The summed E-state index contributed by atoms with van der Waals surface area (Å²) < 4.78 is 8.86. The summed E-state index contributed by atoms with van der Waals surface area (Å²) in [7, 11) is 1.71. The third kappa shape index (κ3) is 2.63. The molecule has 3 aromatic carbocycles. The minimum atomic E-state index is 0.0985. The molecular formula is C26H27BrN2O. The highest BCUT2D eigenvalue weighted by molar-refractivity contribution is 9.10. The monoisotopic (exact) mass is 462 g/mol. The minimum Gasteiger partial charge on any atom is -0.497 e. The molecule has 154 valence electrons. The van der Waals surface area contributed by atoms with E-state index in [0.29, 0.717) is 6.04 Å². The van der Waals surface area contributed by atoms with Crippen molar-refractivity contribution in [2.75, 3.05) is 18.6 Å². The topological polar surface area (TPSA) is 17.4 Å². The first-order valence-corrected chi connectivity index (χ1v) is 11.4. The van der Waals surface area contributed by atoms with Gasteiger partial charge in [0.15, 0.2) is 0 Å². The quantitative estimate of drug-likeness (QED) is 0.324. The number of nitrogens with zero attached hydrogens (tertiary/aromatic N) is 2. The fourth-order valence-electron chi connectivity index (χ4n) is 5.06. The SMILES string of the molecule is CCN1c2cc3c4cc(Br)ccc4n(-c4ccc(OC)cc4)c3cc2C(C)(C)C1C. The minimum absolute atomic E-state index is 0.0985. The van der Waals surface area contributed by atoms with Crippen molar-refractivity contribution in [2.45, 2.75) is 39.2 Å². The summed E-state index contributed by atoms with van der Waals surface area (Å²) >= 11 is 3.68. The molecule has 4 heteroatoms. The summed E-state index contributed by atoms with van der Waals surface area (Å²) in [6.07, 6.45) is 0. The number of anilines is 1. The smallest absolute Gasteiger partial charge is 0.119 e. The molecule has 0 radical (unpaired) electrons. The van der Waals surface area contributed by atoms with Gasteiger partial charge in [-0.1, -0.05) is 29.8 Å². The van der Waals surface area contributed by atoms with E-state index in [9.17, 15) is 0 Å². The summed E-state index contributed by atoms with van der Waals surface area (Å²) in [5, 5.41) is 2.57. The van der Waals surface area contributed by atoms with Gasteiger partial charge in [-0.25, -0.2) is 0 Å². The van der Waals surface area contributed by atoms with E-state index in [-0.39, 0.29) is 5.41 Å². The Morgan fingerprint density at radius 3 is 2.33 bits per heavy atom. The van der Waals surface area contributed by atoms with Gasteiger partial charge in [-0.05, 0) is 74.0 Å². The van der Waals surface area contributed by atoms with E-state index in [1.54, 1.807) is 7.11 Å². The first-order valence-electron chi connectivity index (χ1n) is 10.6. The van der Waals surface area contributed by atoms with Gasteiger partial charge in [-0.2, -0.15) is 0 Å². The lowest BCUT2D eigenvalue weighted by molar-refractivity contribution is 0.415. The second-order valence-electron chi connectivity index (χ2n) is 8.77. The normalized spacial score (nSPS) is 17.7. The molecule has 0 fully saturated rings. The van der Waals surface area contributed by atoms with Crippen LogP contribution in [-0.2, 0) is 5.41 Å². The number of ether oxygens (including phenoxy) is 1. The molecule has 0 aliphatic carbocycles. The van der Waals surface area contributed by atoms with Crippen LogP contribution in [0.5, 0.6) is 5.75 Å². The highest BCUT2D eigenvalue weighted by atomic mass is 79.9. The molecule has 1 atom stereocenters. The Morgan fingerprint density at radius 1 is 0.967 bits per heavy atom. The molecule has 1 unspecified atom stereocenters. The Morgan fingerprint density at radius 2 is 1.67 bits per heavy atom. The lowest BCUT2D eigenvalue weighted by Gasteiger charge is -2.30. The number of hydrogen-bond acceptors (Lipinski definition) is 2. The standard InChI is InChI=1S/C26H27BrN2O/c1-6-28-16(2)26(3,4)22-15-24-21(14-25(22)28)20-13-17(27)7-12-23(20)29(24)18-8-10-19(30-5)11-9-18/h7-16H,6H2,1-5H3. The highest BCUT2D eigenvalue weighted by Crippen LogP contribution is 2.48. The summed E-state index contributed by atoms with van der Waals surface area (Å²) in [5.41, 5.74) is 6.52. The zero-order valence-electron chi connectivity index (χ0n) is 18.2. The van der Waals surface area contributed by atoms with Crippen LogP contribution in [0.15, 0.2) is 59.1 Å². The van der Waals surface area contributed by atoms with Gasteiger partial charge in [0.05, 0.1) is 18.1 Å². The number of likely N-dealkylation sites (N-methyl/N-ethyl adjacent to an activating group) is 1. The Kier molecular flexibility index (Phi) is 4.41. The van der Waals surface area contributed by atoms with Crippen LogP contribution in [0.3, 0.4) is 0 Å². The molecular weight excluding hydrogens is 436 g/mol. The number of benzene rings is 3. The van der Waals surface area contributed by atoms with Crippen LogP contribution in [0, 0.1) is 0 Å². The van der Waals surface area contributed by atoms with Gasteiger partial charge in [0, 0.05) is 44.6 Å². The molecule has 5 rings (SSSR count). The Labute approximate surface area is 186 Å². The van der Waals surface area contributed by atoms with Gasteiger partial charge in [0.25, 0.3) is 0 Å². The van der Waals surface area contributed by atoms with Crippen molar-refractivity contribution in [3.05, 3.63) is 64.6 Å². The lowest BCUT2D eigenvalue weighted by atomic mass is 9.81. The maximum absolute atomic E-state index is 5.38. The van der Waals surface area contributed by atoms with Crippen LogP contribution in [-0.4, -0.2) is 24.3 Å². The van der Waals surface area contributed by atoms with Crippen LogP contribution in [0.2, 0.25) is 0 Å². The number of aromatic nitrogens is 1. The molecule has 0 saturated heterocycles. The van der Waals surface area contributed by atoms with E-state index < -0.39 is 0 Å². The van der Waals surface area contributed by atoms with E-state index in [1.807, 2.05) is 12.1 Å². The Bertz CT molecular complexity index is 1270. The molecule has 0 bridgehead atoms. The fraction of sp³-hybridized carbons (Fsp3) is 0.308. The van der Waals surface area contributed by atoms with Gasteiger partial charge in [0.1, 0.15) is 5.75 Å². The number of methoxy groups -OCH3 is 1. The lowest BCUT2D eigenvalue weighted by Crippen LogP contribution is -2.38. The van der Waals surface area contributed by atoms with Crippen molar-refractivity contribution in [3.8, 4) is 11.4 Å². The third-order valence-corrected chi connectivity index (χ3v) is 7.52. The average Bonchev–Trinajstić information content (AvgIpc) is 3.15. The molecule has 30 heavy (non-hydrogen) atoms. The van der Waals surface area contributed by atoms with Crippen molar-refractivity contribution < 1.29 is 4.74 Å². The maximum Gasteiger partial charge on any atom is 0.119 e. The van der Waals surface area contributed by atoms with E-state index in [4.69, 9.17) is 4.74 Å². The highest BCUT2D eigenvalue weighted by Gasteiger charge is 2.41. The number of fused-ring (bicyclic) bond motifs is 4. The molecule has 0 spiro atoms. The van der Waals surface area contributed by atoms with Gasteiger partial charge in [-0.3, -0.25) is 0 Å². The van der Waals surface area contributed by atoms with E-state index in [0.717, 1.165) is 22.5 Å². The van der Waals surface area contributed by atoms with Gasteiger partial charge >= 0.3 is 0 Å². The fourth-order valence-corrected chi connectivity index (χ4v) is 5.42. The summed E-state index contributed by atoms with van der Waals surface area (Å²) in [5.74, 6) is 0.872. The molecule has 0 amide bonds. The first-order chi connectivity index (χ1) is 14.4. The predicted molar refractivity (Wildman–Crippen MR) is 131 cm³/mol. The third-order valence-electron chi connectivity index (χ3n) is 7.03. The van der Waals surface area contributed by atoms with E-state index >= 15 is 0 Å². The van der Waals surface area contributed by atoms with Gasteiger partial charge in [0.2, 0.25) is 0 Å². The zero-order chi connectivity index (χ0) is 21.2. The van der Waals surface area contributed by atoms with Crippen molar-refractivity contribution in [2.24, 2.45) is 0 Å². The van der Waals surface area contributed by atoms with Crippen molar-refractivity contribution in [1.29, 1.82) is 0 Å². The van der Waals surface area contributed by atoms with Crippen LogP contribution in [0.4, 0.5) is 5.69 Å². The predicted octanol–water partition coefficient (Wildman–Crippen LogP) is 7.06. The number of hydrogen-bond donors (Lipinski definition) is 0. The van der Waals surface area contributed by atoms with E-state index in [2.05, 4.69) is 95.6 Å². The number of halogens is 1. The molecule has 1 aliphatic rings. The average molecular weight is 463 g/mol.